The smallest absolute Gasteiger partial charge is 0.116 e. The number of aliphatic hydroxyl groups excluding tert-OH is 1. The van der Waals surface area contributed by atoms with Gasteiger partial charge in [0.1, 0.15) is 5.75 Å². The Balaban J connectivity index is 3.16. The Bertz CT molecular complexity index is 369. The van der Waals surface area contributed by atoms with Crippen molar-refractivity contribution in [1.29, 1.82) is 5.26 Å². The first kappa shape index (κ1) is 10.5. The van der Waals surface area contributed by atoms with E-state index in [1.54, 1.807) is 13.0 Å². The molecule has 4 N–H and O–H groups in total. The summed E-state index contributed by atoms with van der Waals surface area (Å²) < 4.78 is 0. The molecule has 0 radical (unpaired) electrons. The number of hydrogen-bond donors (Lipinski definition) is 3. The summed E-state index contributed by atoms with van der Waals surface area (Å²) in [4.78, 5) is 0. The minimum absolute atomic E-state index is 0.0168. The van der Waals surface area contributed by atoms with Crippen LogP contribution in [0.4, 0.5) is 0 Å². The normalized spacial score (nSPS) is 14.4. The van der Waals surface area contributed by atoms with Crippen molar-refractivity contribution in [3.8, 4) is 11.8 Å². The van der Waals surface area contributed by atoms with Gasteiger partial charge in [0.25, 0.3) is 0 Å². The van der Waals surface area contributed by atoms with Crippen molar-refractivity contribution < 1.29 is 10.2 Å². The Morgan fingerprint density at radius 3 is 2.64 bits per heavy atom. The quantitative estimate of drug-likeness (QED) is 0.641. The molecule has 4 nitrogen and oxygen atoms in total. The molecule has 2 atom stereocenters. The van der Waals surface area contributed by atoms with E-state index in [-0.39, 0.29) is 5.75 Å². The number of phenolic OH excluding ortho intramolecular Hbond substituents is 1. The maximum Gasteiger partial charge on any atom is 0.116 e. The summed E-state index contributed by atoms with van der Waals surface area (Å²) in [5, 5.41) is 27.2. The molecule has 0 saturated heterocycles. The van der Waals surface area contributed by atoms with Crippen molar-refractivity contribution in [3.63, 3.8) is 0 Å². The first-order chi connectivity index (χ1) is 6.56. The highest BCUT2D eigenvalue weighted by atomic mass is 16.3. The van der Waals surface area contributed by atoms with Crippen LogP contribution in [-0.2, 0) is 0 Å². The minimum Gasteiger partial charge on any atom is -0.508 e. The Hall–Kier alpha value is -1.57. The van der Waals surface area contributed by atoms with Gasteiger partial charge >= 0.3 is 0 Å². The summed E-state index contributed by atoms with van der Waals surface area (Å²) in [6, 6.07) is 5.64. The fourth-order valence-electron chi connectivity index (χ4n) is 1.19. The first-order valence-electron chi connectivity index (χ1n) is 4.23. The summed E-state index contributed by atoms with van der Waals surface area (Å²) in [6.45, 7) is 1.55. The van der Waals surface area contributed by atoms with Crippen LogP contribution in [0.1, 0.15) is 24.1 Å². The van der Waals surface area contributed by atoms with Gasteiger partial charge in [-0.25, -0.2) is 0 Å². The number of aromatic hydroxyl groups is 1. The molecule has 1 unspecified atom stereocenters. The Morgan fingerprint density at radius 2 is 2.14 bits per heavy atom. The minimum atomic E-state index is -0.730. The van der Waals surface area contributed by atoms with Gasteiger partial charge in [0.15, 0.2) is 0 Å². The Morgan fingerprint density at radius 1 is 1.50 bits per heavy atom. The average molecular weight is 192 g/mol. The van der Waals surface area contributed by atoms with Crippen LogP contribution in [0.5, 0.6) is 5.75 Å². The van der Waals surface area contributed by atoms with E-state index in [1.807, 2.05) is 6.07 Å². The van der Waals surface area contributed by atoms with Crippen LogP contribution >= 0.6 is 0 Å². The number of rotatable bonds is 2. The molecule has 0 saturated carbocycles. The van der Waals surface area contributed by atoms with Gasteiger partial charge in [0.05, 0.1) is 23.8 Å². The molecule has 1 rings (SSSR count). The molecule has 0 aliphatic rings. The second-order valence-corrected chi connectivity index (χ2v) is 3.15. The lowest BCUT2D eigenvalue weighted by atomic mass is 9.98. The van der Waals surface area contributed by atoms with Gasteiger partial charge in [-0.15, -0.1) is 0 Å². The molecule has 0 bridgehead atoms. The number of benzene rings is 1. The van der Waals surface area contributed by atoms with E-state index in [1.165, 1.54) is 12.1 Å². The molecule has 0 heterocycles. The van der Waals surface area contributed by atoms with E-state index >= 15 is 0 Å². The Kier molecular flexibility index (Phi) is 3.07. The third-order valence-electron chi connectivity index (χ3n) is 2.04. The van der Waals surface area contributed by atoms with Crippen LogP contribution < -0.4 is 5.73 Å². The fourth-order valence-corrected chi connectivity index (χ4v) is 1.19. The van der Waals surface area contributed by atoms with Crippen molar-refractivity contribution in [2.45, 2.75) is 19.1 Å². The maximum absolute atomic E-state index is 9.27. The van der Waals surface area contributed by atoms with E-state index in [4.69, 9.17) is 16.1 Å². The van der Waals surface area contributed by atoms with Crippen LogP contribution in [0.15, 0.2) is 18.2 Å². The van der Waals surface area contributed by atoms with Gasteiger partial charge in [-0.2, -0.15) is 5.26 Å². The lowest BCUT2D eigenvalue weighted by Crippen LogP contribution is -2.24. The Labute approximate surface area is 82.2 Å². The molecule has 1 aromatic carbocycles. The number of hydrogen-bond acceptors (Lipinski definition) is 4. The van der Waals surface area contributed by atoms with Crippen LogP contribution in [-0.4, -0.2) is 16.3 Å². The summed E-state index contributed by atoms with van der Waals surface area (Å²) in [7, 11) is 0. The first-order valence-corrected chi connectivity index (χ1v) is 4.23. The molecule has 0 spiro atoms. The zero-order chi connectivity index (χ0) is 10.7. The lowest BCUT2D eigenvalue weighted by molar-refractivity contribution is 0.164. The number of nitrogens with zero attached hydrogens (tertiary/aromatic N) is 1. The van der Waals surface area contributed by atoms with Gasteiger partial charge in [0, 0.05) is 0 Å². The predicted octanol–water partition coefficient (Wildman–Crippen LogP) is 0.644. The van der Waals surface area contributed by atoms with E-state index in [0.29, 0.717) is 11.1 Å². The predicted molar refractivity (Wildman–Crippen MR) is 51.4 cm³/mol. The monoisotopic (exact) mass is 192 g/mol. The number of phenols is 1. The molecule has 0 amide bonds. The summed E-state index contributed by atoms with van der Waals surface area (Å²) in [5.41, 5.74) is 6.51. The highest BCUT2D eigenvalue weighted by molar-refractivity contribution is 5.44. The van der Waals surface area contributed by atoms with E-state index in [9.17, 15) is 5.11 Å². The molecular formula is C10H12N2O2. The zero-order valence-electron chi connectivity index (χ0n) is 7.81. The van der Waals surface area contributed by atoms with Crippen molar-refractivity contribution in [2.75, 3.05) is 0 Å². The van der Waals surface area contributed by atoms with Crippen LogP contribution in [0.3, 0.4) is 0 Å². The van der Waals surface area contributed by atoms with Crippen LogP contribution in [0, 0.1) is 11.3 Å². The number of nitrogens with two attached hydrogens (primary N) is 1. The summed E-state index contributed by atoms with van der Waals surface area (Å²) in [5.74, 6) is 0.0168. The fraction of sp³-hybridized carbons (Fsp3) is 0.300. The van der Waals surface area contributed by atoms with Crippen LogP contribution in [0.25, 0.3) is 0 Å². The highest BCUT2D eigenvalue weighted by Crippen LogP contribution is 2.22. The molecule has 0 fully saturated rings. The number of nitriles is 1. The second-order valence-electron chi connectivity index (χ2n) is 3.15. The lowest BCUT2D eigenvalue weighted by Gasteiger charge is -2.16. The summed E-state index contributed by atoms with van der Waals surface area (Å²) >= 11 is 0. The zero-order valence-corrected chi connectivity index (χ0v) is 7.81. The van der Waals surface area contributed by atoms with Gasteiger partial charge < -0.3 is 15.9 Å². The van der Waals surface area contributed by atoms with Crippen molar-refractivity contribution in [1.82, 2.24) is 0 Å². The molecule has 14 heavy (non-hydrogen) atoms. The molecule has 0 aliphatic heterocycles. The molecule has 4 heteroatoms. The molecular weight excluding hydrogens is 180 g/mol. The second kappa shape index (κ2) is 4.09. The SMILES string of the molecule is CC(O)[C@@H](N)c1ccc(O)cc1C#N. The van der Waals surface area contributed by atoms with Crippen molar-refractivity contribution >= 4 is 0 Å². The van der Waals surface area contributed by atoms with Crippen LogP contribution in [0.2, 0.25) is 0 Å². The molecule has 0 aromatic heterocycles. The third-order valence-corrected chi connectivity index (χ3v) is 2.04. The molecule has 74 valence electrons. The van der Waals surface area contributed by atoms with E-state index < -0.39 is 12.1 Å². The summed E-state index contributed by atoms with van der Waals surface area (Å²) in [6.07, 6.45) is -0.730. The van der Waals surface area contributed by atoms with Crippen molar-refractivity contribution in [3.05, 3.63) is 29.3 Å². The van der Waals surface area contributed by atoms with Gasteiger partial charge in [-0.3, -0.25) is 0 Å². The van der Waals surface area contributed by atoms with E-state index in [2.05, 4.69) is 0 Å². The average Bonchev–Trinajstić information content (AvgIpc) is 2.16. The topological polar surface area (TPSA) is 90.3 Å². The maximum atomic E-state index is 9.27. The standard InChI is InChI=1S/C10H12N2O2/c1-6(13)10(12)9-3-2-8(14)4-7(9)5-11/h2-4,6,10,13-14H,12H2,1H3/t6?,10-/m1/s1. The van der Waals surface area contributed by atoms with Gasteiger partial charge in [-0.1, -0.05) is 6.07 Å². The molecule has 1 aromatic rings. The highest BCUT2D eigenvalue weighted by Gasteiger charge is 2.15. The number of aliphatic hydroxyl groups is 1. The largest absolute Gasteiger partial charge is 0.508 e. The van der Waals surface area contributed by atoms with E-state index in [0.717, 1.165) is 0 Å². The van der Waals surface area contributed by atoms with Gasteiger partial charge in [-0.05, 0) is 24.6 Å². The van der Waals surface area contributed by atoms with Crippen molar-refractivity contribution in [2.24, 2.45) is 5.73 Å². The molecule has 0 aliphatic carbocycles. The third kappa shape index (κ3) is 2.02. The van der Waals surface area contributed by atoms with Gasteiger partial charge in [0.2, 0.25) is 0 Å².